The lowest BCUT2D eigenvalue weighted by Gasteiger charge is -2.26. The number of hydrogen-bond donors (Lipinski definition) is 0. The fourth-order valence-electron chi connectivity index (χ4n) is 7.74. The van der Waals surface area contributed by atoms with Gasteiger partial charge in [-0.1, -0.05) is 91.0 Å². The third-order valence-electron chi connectivity index (χ3n) is 10.3. The van der Waals surface area contributed by atoms with Crippen molar-refractivity contribution in [1.82, 2.24) is 0 Å². The zero-order valence-electron chi connectivity index (χ0n) is 27.9. The molecule has 0 saturated carbocycles. The Morgan fingerprint density at radius 2 is 0.846 bits per heavy atom. The number of hydrogen-bond acceptors (Lipinski definition) is 4. The van der Waals surface area contributed by atoms with Crippen LogP contribution in [-0.2, 0) is 0 Å². The van der Waals surface area contributed by atoms with Gasteiger partial charge >= 0.3 is 0 Å². The highest BCUT2D eigenvalue weighted by Crippen LogP contribution is 2.42. The van der Waals surface area contributed by atoms with Gasteiger partial charge in [-0.3, -0.25) is 0 Å². The first-order valence-corrected chi connectivity index (χ1v) is 18.3. The summed E-state index contributed by atoms with van der Waals surface area (Å²) in [5.74, 6) is 0. The summed E-state index contributed by atoms with van der Waals surface area (Å²) in [6, 6.07) is 62.7. The Hall–Kier alpha value is -6.62. The molecule has 11 aromatic rings. The van der Waals surface area contributed by atoms with Crippen LogP contribution in [0.15, 0.2) is 185 Å². The normalized spacial score (nSPS) is 11.8. The summed E-state index contributed by atoms with van der Waals surface area (Å²) in [6.45, 7) is 0. The lowest BCUT2D eigenvalue weighted by atomic mass is 10.0. The Morgan fingerprint density at radius 3 is 1.63 bits per heavy atom. The van der Waals surface area contributed by atoms with E-state index in [0.29, 0.717) is 0 Å². The molecule has 0 spiro atoms. The van der Waals surface area contributed by atoms with Crippen LogP contribution in [0.5, 0.6) is 0 Å². The predicted octanol–water partition coefficient (Wildman–Crippen LogP) is 14.7. The monoisotopic (exact) mass is 683 g/mol. The average Bonchev–Trinajstić information content (AvgIpc) is 3.89. The summed E-state index contributed by atoms with van der Waals surface area (Å²) < 4.78 is 15.3. The molecule has 0 amide bonds. The van der Waals surface area contributed by atoms with Gasteiger partial charge in [-0.15, -0.1) is 11.3 Å². The van der Waals surface area contributed by atoms with E-state index >= 15 is 0 Å². The summed E-state index contributed by atoms with van der Waals surface area (Å²) in [5.41, 5.74) is 11.3. The van der Waals surface area contributed by atoms with Gasteiger partial charge in [0, 0.05) is 64.8 Å². The van der Waals surface area contributed by atoms with E-state index in [1.165, 1.54) is 31.3 Å². The standard InChI is InChI=1S/C48H29NO2S/c1-4-13-43-37(10-1)39-23-18-33(28-45(39)50-43)31-8-7-9-35(26-31)49(36-22-24-40-38-11-2-5-14-44(38)51-46(40)29-36)34-20-16-30(17-21-34)32-19-25-48-42(27-32)41-12-3-6-15-47(41)52-48/h1-29H. The van der Waals surface area contributed by atoms with Gasteiger partial charge in [0.2, 0.25) is 0 Å². The molecule has 11 rings (SSSR count). The van der Waals surface area contributed by atoms with Crippen molar-refractivity contribution in [2.45, 2.75) is 0 Å². The smallest absolute Gasteiger partial charge is 0.137 e. The molecule has 0 N–H and O–H groups in total. The van der Waals surface area contributed by atoms with Crippen LogP contribution >= 0.6 is 11.3 Å². The Kier molecular flexibility index (Phi) is 6.42. The van der Waals surface area contributed by atoms with Gasteiger partial charge in [-0.25, -0.2) is 0 Å². The fraction of sp³-hybridized carbons (Fsp3) is 0. The van der Waals surface area contributed by atoms with Crippen molar-refractivity contribution in [3.05, 3.63) is 176 Å². The molecule has 4 heteroatoms. The topological polar surface area (TPSA) is 29.5 Å². The average molecular weight is 684 g/mol. The summed E-state index contributed by atoms with van der Waals surface area (Å²) in [6.07, 6.45) is 0. The van der Waals surface area contributed by atoms with Gasteiger partial charge in [0.1, 0.15) is 22.3 Å². The molecule has 0 aliphatic rings. The van der Waals surface area contributed by atoms with Crippen molar-refractivity contribution in [2.24, 2.45) is 0 Å². The minimum Gasteiger partial charge on any atom is -0.456 e. The molecular formula is C48H29NO2S. The van der Waals surface area contributed by atoms with Crippen molar-refractivity contribution in [3.8, 4) is 22.3 Å². The van der Waals surface area contributed by atoms with Crippen molar-refractivity contribution >= 4 is 92.4 Å². The zero-order valence-corrected chi connectivity index (χ0v) is 28.7. The van der Waals surface area contributed by atoms with E-state index in [4.69, 9.17) is 8.83 Å². The highest BCUT2D eigenvalue weighted by molar-refractivity contribution is 7.25. The lowest BCUT2D eigenvalue weighted by Crippen LogP contribution is -2.10. The molecule has 3 nitrogen and oxygen atoms in total. The number of para-hydroxylation sites is 2. The molecule has 0 aliphatic carbocycles. The van der Waals surface area contributed by atoms with Gasteiger partial charge in [-0.2, -0.15) is 0 Å². The van der Waals surface area contributed by atoms with Gasteiger partial charge in [-0.05, 0) is 101 Å². The molecular weight excluding hydrogens is 655 g/mol. The van der Waals surface area contributed by atoms with Crippen LogP contribution < -0.4 is 4.90 Å². The molecule has 3 aromatic heterocycles. The van der Waals surface area contributed by atoms with E-state index in [2.05, 4.69) is 157 Å². The Labute approximate surface area is 303 Å². The second-order valence-electron chi connectivity index (χ2n) is 13.3. The maximum atomic E-state index is 6.37. The predicted molar refractivity (Wildman–Crippen MR) is 219 cm³/mol. The maximum absolute atomic E-state index is 6.37. The summed E-state index contributed by atoms with van der Waals surface area (Å²) in [7, 11) is 0. The van der Waals surface area contributed by atoms with E-state index in [-0.39, 0.29) is 0 Å². The van der Waals surface area contributed by atoms with Gasteiger partial charge in [0.25, 0.3) is 0 Å². The van der Waals surface area contributed by atoms with E-state index in [1.807, 2.05) is 35.6 Å². The van der Waals surface area contributed by atoms with Gasteiger partial charge in [0.15, 0.2) is 0 Å². The molecule has 0 radical (unpaired) electrons. The van der Waals surface area contributed by atoms with Gasteiger partial charge < -0.3 is 13.7 Å². The van der Waals surface area contributed by atoms with E-state index in [1.54, 1.807) is 0 Å². The van der Waals surface area contributed by atoms with Gasteiger partial charge in [0.05, 0.1) is 0 Å². The minimum absolute atomic E-state index is 0.864. The molecule has 0 saturated heterocycles. The van der Waals surface area contributed by atoms with Crippen LogP contribution in [0, 0.1) is 0 Å². The van der Waals surface area contributed by atoms with Crippen molar-refractivity contribution in [3.63, 3.8) is 0 Å². The highest BCUT2D eigenvalue weighted by Gasteiger charge is 2.17. The summed E-state index contributed by atoms with van der Waals surface area (Å²) in [5, 5.41) is 7.12. The number of benzene rings is 8. The number of thiophene rings is 1. The molecule has 0 aliphatic heterocycles. The third-order valence-corrected chi connectivity index (χ3v) is 11.4. The number of fused-ring (bicyclic) bond motifs is 9. The molecule has 8 aromatic carbocycles. The molecule has 0 bridgehead atoms. The first kappa shape index (κ1) is 29.1. The minimum atomic E-state index is 0.864. The van der Waals surface area contributed by atoms with Crippen LogP contribution in [0.3, 0.4) is 0 Å². The maximum Gasteiger partial charge on any atom is 0.137 e. The highest BCUT2D eigenvalue weighted by atomic mass is 32.1. The second kappa shape index (κ2) is 11.5. The Balaban J connectivity index is 1.03. The van der Waals surface area contributed by atoms with Crippen molar-refractivity contribution in [2.75, 3.05) is 4.90 Å². The number of nitrogens with zero attached hydrogens (tertiary/aromatic N) is 1. The first-order valence-electron chi connectivity index (χ1n) is 17.5. The van der Waals surface area contributed by atoms with Crippen LogP contribution in [-0.4, -0.2) is 0 Å². The quantitative estimate of drug-likeness (QED) is 0.181. The zero-order chi connectivity index (χ0) is 34.2. The molecule has 0 unspecified atom stereocenters. The van der Waals surface area contributed by atoms with Crippen LogP contribution in [0.4, 0.5) is 17.1 Å². The Bertz CT molecular complexity index is 3150. The van der Waals surface area contributed by atoms with Crippen LogP contribution in [0.1, 0.15) is 0 Å². The molecule has 244 valence electrons. The molecule has 3 heterocycles. The number of furan rings is 2. The second-order valence-corrected chi connectivity index (χ2v) is 14.4. The SMILES string of the molecule is c1cc(-c2ccc3c(c2)oc2ccccc23)cc(N(c2ccc(-c3ccc4sc5ccccc5c4c3)cc2)c2ccc3c(c2)oc2ccccc23)c1. The van der Waals surface area contributed by atoms with Crippen LogP contribution in [0.25, 0.3) is 86.3 Å². The van der Waals surface area contributed by atoms with E-state index < -0.39 is 0 Å². The van der Waals surface area contributed by atoms with E-state index in [0.717, 1.165) is 72.1 Å². The van der Waals surface area contributed by atoms with Crippen LogP contribution in [0.2, 0.25) is 0 Å². The molecule has 0 atom stereocenters. The van der Waals surface area contributed by atoms with Crippen molar-refractivity contribution < 1.29 is 8.83 Å². The first-order chi connectivity index (χ1) is 25.7. The lowest BCUT2D eigenvalue weighted by molar-refractivity contribution is 0.668. The Morgan fingerprint density at radius 1 is 0.308 bits per heavy atom. The van der Waals surface area contributed by atoms with Crippen molar-refractivity contribution in [1.29, 1.82) is 0 Å². The third kappa shape index (κ3) is 4.65. The molecule has 52 heavy (non-hydrogen) atoms. The van der Waals surface area contributed by atoms with E-state index in [9.17, 15) is 0 Å². The number of anilines is 3. The summed E-state index contributed by atoms with van der Waals surface area (Å²) in [4.78, 5) is 2.31. The molecule has 0 fully saturated rings. The largest absolute Gasteiger partial charge is 0.456 e. The summed E-state index contributed by atoms with van der Waals surface area (Å²) >= 11 is 1.85. The fourth-order valence-corrected chi connectivity index (χ4v) is 8.83. The number of rotatable bonds is 5.